The van der Waals surface area contributed by atoms with Crippen molar-refractivity contribution in [1.82, 2.24) is 19.8 Å². The zero-order valence-electron chi connectivity index (χ0n) is 16.7. The summed E-state index contributed by atoms with van der Waals surface area (Å²) in [6.45, 7) is 11.6. The molecule has 2 heterocycles. The predicted octanol–water partition coefficient (Wildman–Crippen LogP) is 3.91. The van der Waals surface area contributed by atoms with Crippen LogP contribution in [0.2, 0.25) is 0 Å². The van der Waals surface area contributed by atoms with Crippen LogP contribution in [0.3, 0.4) is 0 Å². The van der Waals surface area contributed by atoms with Gasteiger partial charge in [-0.15, -0.1) is 0 Å². The SMILES string of the molecule is CCc1nccc(CN2CCCN(Cc3ccc(F)cc3)[C@H](C(C)C)C2)n1. The van der Waals surface area contributed by atoms with E-state index >= 15 is 0 Å². The third-order valence-electron chi connectivity index (χ3n) is 5.37. The lowest BCUT2D eigenvalue weighted by Crippen LogP contribution is -2.44. The summed E-state index contributed by atoms with van der Waals surface area (Å²) in [7, 11) is 0. The van der Waals surface area contributed by atoms with Gasteiger partial charge >= 0.3 is 0 Å². The molecule has 0 unspecified atom stereocenters. The molecule has 1 fully saturated rings. The Kier molecular flexibility index (Phi) is 6.91. The molecule has 0 bridgehead atoms. The Morgan fingerprint density at radius 2 is 1.89 bits per heavy atom. The highest BCUT2D eigenvalue weighted by molar-refractivity contribution is 5.16. The predicted molar refractivity (Wildman–Crippen MR) is 107 cm³/mol. The second kappa shape index (κ2) is 9.38. The lowest BCUT2D eigenvalue weighted by Gasteiger charge is -2.34. The molecule has 1 aromatic heterocycles. The lowest BCUT2D eigenvalue weighted by molar-refractivity contribution is 0.129. The fourth-order valence-corrected chi connectivity index (χ4v) is 3.86. The van der Waals surface area contributed by atoms with Crippen LogP contribution in [0.15, 0.2) is 36.5 Å². The van der Waals surface area contributed by atoms with E-state index in [4.69, 9.17) is 0 Å². The summed E-state index contributed by atoms with van der Waals surface area (Å²) in [5, 5.41) is 0. The molecular weight excluding hydrogens is 339 g/mol. The number of aryl methyl sites for hydroxylation is 1. The zero-order chi connectivity index (χ0) is 19.2. The summed E-state index contributed by atoms with van der Waals surface area (Å²) in [6, 6.07) is 9.44. The molecule has 1 atom stereocenters. The Balaban J connectivity index is 1.69. The van der Waals surface area contributed by atoms with Crippen LogP contribution >= 0.6 is 0 Å². The molecule has 146 valence electrons. The fraction of sp³-hybridized carbons (Fsp3) is 0.545. The van der Waals surface area contributed by atoms with Gasteiger partial charge in [-0.3, -0.25) is 9.80 Å². The van der Waals surface area contributed by atoms with Crippen molar-refractivity contribution in [1.29, 1.82) is 0 Å². The molecule has 0 aliphatic carbocycles. The van der Waals surface area contributed by atoms with Gasteiger partial charge in [0.2, 0.25) is 0 Å². The highest BCUT2D eigenvalue weighted by Gasteiger charge is 2.27. The summed E-state index contributed by atoms with van der Waals surface area (Å²) >= 11 is 0. The average Bonchev–Trinajstić information content (AvgIpc) is 2.86. The summed E-state index contributed by atoms with van der Waals surface area (Å²) in [4.78, 5) is 14.1. The number of halogens is 1. The van der Waals surface area contributed by atoms with E-state index in [1.807, 2.05) is 24.4 Å². The largest absolute Gasteiger partial charge is 0.296 e. The first kappa shape index (κ1) is 19.9. The first-order valence-electron chi connectivity index (χ1n) is 10.1. The highest BCUT2D eigenvalue weighted by Crippen LogP contribution is 2.21. The molecule has 0 N–H and O–H groups in total. The molecule has 1 aliphatic heterocycles. The third kappa shape index (κ3) is 5.56. The van der Waals surface area contributed by atoms with E-state index < -0.39 is 0 Å². The van der Waals surface area contributed by atoms with Crippen molar-refractivity contribution < 1.29 is 4.39 Å². The van der Waals surface area contributed by atoms with Gasteiger partial charge in [0.05, 0.1) is 5.69 Å². The van der Waals surface area contributed by atoms with E-state index in [1.165, 1.54) is 5.56 Å². The van der Waals surface area contributed by atoms with Crippen molar-refractivity contribution in [2.75, 3.05) is 19.6 Å². The van der Waals surface area contributed by atoms with Gasteiger partial charge in [-0.1, -0.05) is 32.9 Å². The van der Waals surface area contributed by atoms with Gasteiger partial charge in [0.1, 0.15) is 11.6 Å². The van der Waals surface area contributed by atoms with E-state index in [9.17, 15) is 4.39 Å². The molecule has 2 aromatic rings. The normalized spacial score (nSPS) is 19.4. The van der Waals surface area contributed by atoms with Crippen LogP contribution in [-0.4, -0.2) is 45.4 Å². The maximum absolute atomic E-state index is 13.2. The minimum atomic E-state index is -0.169. The van der Waals surface area contributed by atoms with Crippen molar-refractivity contribution in [2.24, 2.45) is 5.92 Å². The minimum Gasteiger partial charge on any atom is -0.296 e. The standard InChI is InChI=1S/C22H31FN4/c1-4-22-24-11-10-20(25-22)15-26-12-5-13-27(21(16-26)17(2)3)14-18-6-8-19(23)9-7-18/h6-11,17,21H,4-5,12-16H2,1-3H3/t21-/m0/s1. The number of benzene rings is 1. The fourth-order valence-electron chi connectivity index (χ4n) is 3.86. The summed E-state index contributed by atoms with van der Waals surface area (Å²) in [6.07, 6.45) is 3.88. The van der Waals surface area contributed by atoms with E-state index in [0.717, 1.165) is 57.1 Å². The quantitative estimate of drug-likeness (QED) is 0.772. The van der Waals surface area contributed by atoms with Crippen LogP contribution in [0.25, 0.3) is 0 Å². The van der Waals surface area contributed by atoms with Gasteiger partial charge in [-0.2, -0.15) is 0 Å². The minimum absolute atomic E-state index is 0.169. The Morgan fingerprint density at radius 1 is 1.11 bits per heavy atom. The molecule has 0 spiro atoms. The van der Waals surface area contributed by atoms with E-state index in [1.54, 1.807) is 12.1 Å². The van der Waals surface area contributed by atoms with Crippen LogP contribution < -0.4 is 0 Å². The van der Waals surface area contributed by atoms with E-state index in [2.05, 4.69) is 40.5 Å². The number of hydrogen-bond acceptors (Lipinski definition) is 4. The van der Waals surface area contributed by atoms with Gasteiger partial charge in [-0.25, -0.2) is 14.4 Å². The summed E-state index contributed by atoms with van der Waals surface area (Å²) in [5.41, 5.74) is 2.29. The average molecular weight is 371 g/mol. The number of nitrogens with zero attached hydrogens (tertiary/aromatic N) is 4. The Morgan fingerprint density at radius 3 is 2.59 bits per heavy atom. The van der Waals surface area contributed by atoms with Crippen LogP contribution in [0, 0.1) is 11.7 Å². The van der Waals surface area contributed by atoms with E-state index in [-0.39, 0.29) is 5.82 Å². The van der Waals surface area contributed by atoms with Gasteiger partial charge < -0.3 is 0 Å². The smallest absolute Gasteiger partial charge is 0.128 e. The molecule has 3 rings (SSSR count). The molecule has 1 aromatic carbocycles. The van der Waals surface area contributed by atoms with Crippen molar-refractivity contribution in [3.05, 3.63) is 59.4 Å². The number of hydrogen-bond donors (Lipinski definition) is 0. The van der Waals surface area contributed by atoms with Crippen molar-refractivity contribution >= 4 is 0 Å². The highest BCUT2D eigenvalue weighted by atomic mass is 19.1. The first-order chi connectivity index (χ1) is 13.0. The Hall–Kier alpha value is -1.85. The van der Waals surface area contributed by atoms with Crippen molar-refractivity contribution in [2.45, 2.75) is 52.7 Å². The number of rotatable bonds is 6. The molecule has 0 radical (unpaired) electrons. The zero-order valence-corrected chi connectivity index (χ0v) is 16.7. The Labute approximate surface area is 162 Å². The van der Waals surface area contributed by atoms with Gasteiger partial charge in [-0.05, 0) is 42.6 Å². The molecule has 0 saturated carbocycles. The maximum atomic E-state index is 13.2. The van der Waals surface area contributed by atoms with Crippen LogP contribution in [-0.2, 0) is 19.5 Å². The molecule has 27 heavy (non-hydrogen) atoms. The van der Waals surface area contributed by atoms with Crippen LogP contribution in [0.4, 0.5) is 4.39 Å². The first-order valence-corrected chi connectivity index (χ1v) is 10.1. The number of aromatic nitrogens is 2. The van der Waals surface area contributed by atoms with Gasteiger partial charge in [0, 0.05) is 44.8 Å². The van der Waals surface area contributed by atoms with Gasteiger partial charge in [0.15, 0.2) is 0 Å². The topological polar surface area (TPSA) is 32.3 Å². The second-order valence-corrected chi connectivity index (χ2v) is 7.81. The van der Waals surface area contributed by atoms with Gasteiger partial charge in [0.25, 0.3) is 0 Å². The molecule has 4 nitrogen and oxygen atoms in total. The maximum Gasteiger partial charge on any atom is 0.128 e. The second-order valence-electron chi connectivity index (χ2n) is 7.81. The molecule has 1 aliphatic rings. The third-order valence-corrected chi connectivity index (χ3v) is 5.37. The molecular formula is C22H31FN4. The monoisotopic (exact) mass is 370 g/mol. The summed E-state index contributed by atoms with van der Waals surface area (Å²) in [5.74, 6) is 1.31. The summed E-state index contributed by atoms with van der Waals surface area (Å²) < 4.78 is 13.2. The molecule has 0 amide bonds. The Bertz CT molecular complexity index is 717. The van der Waals surface area contributed by atoms with Crippen molar-refractivity contribution in [3.63, 3.8) is 0 Å². The van der Waals surface area contributed by atoms with Crippen molar-refractivity contribution in [3.8, 4) is 0 Å². The van der Waals surface area contributed by atoms with Crippen LogP contribution in [0.5, 0.6) is 0 Å². The lowest BCUT2D eigenvalue weighted by atomic mass is 10.0. The van der Waals surface area contributed by atoms with Crippen LogP contribution in [0.1, 0.15) is 44.3 Å². The molecule has 5 heteroatoms. The molecule has 1 saturated heterocycles. The van der Waals surface area contributed by atoms with E-state index in [0.29, 0.717) is 12.0 Å².